The van der Waals surface area contributed by atoms with Gasteiger partial charge in [-0.2, -0.15) is 0 Å². The summed E-state index contributed by atoms with van der Waals surface area (Å²) in [4.78, 5) is 10.7. The molecule has 1 aliphatic heterocycles. The summed E-state index contributed by atoms with van der Waals surface area (Å²) in [5.41, 5.74) is 0.924. The van der Waals surface area contributed by atoms with Crippen LogP contribution in [0.5, 0.6) is 11.5 Å². The molecule has 92 valence electrons. The van der Waals surface area contributed by atoms with Crippen molar-refractivity contribution in [3.63, 3.8) is 0 Å². The second kappa shape index (κ2) is 4.85. The number of rotatable bonds is 3. The van der Waals surface area contributed by atoms with Crippen LogP contribution in [-0.2, 0) is 4.79 Å². The van der Waals surface area contributed by atoms with Gasteiger partial charge in [-0.15, -0.1) is 0 Å². The number of carbonyl (C=O) groups is 1. The summed E-state index contributed by atoms with van der Waals surface area (Å²) in [5.74, 6) is -0.0363. The molecule has 17 heavy (non-hydrogen) atoms. The Balaban J connectivity index is 2.16. The van der Waals surface area contributed by atoms with Crippen LogP contribution in [0.1, 0.15) is 10.9 Å². The third kappa shape index (κ3) is 2.48. The van der Waals surface area contributed by atoms with E-state index in [1.807, 2.05) is 0 Å². The molecule has 2 atom stereocenters. The lowest BCUT2D eigenvalue weighted by molar-refractivity contribution is -0.690. The van der Waals surface area contributed by atoms with Crippen molar-refractivity contribution >= 4 is 17.7 Å². The van der Waals surface area contributed by atoms with Crippen molar-refractivity contribution in [1.29, 1.82) is 0 Å². The number of hydrogen-bond donors (Lipinski definition) is 2. The quantitative estimate of drug-likeness (QED) is 0.710. The fourth-order valence-corrected chi connectivity index (χ4v) is 3.06. The molecule has 3 N–H and O–H groups in total. The van der Waals surface area contributed by atoms with Gasteiger partial charge in [-0.1, -0.05) is 11.8 Å². The SMILES string of the molecule is COc1cc([C@H]2[NH2+][C@@H](C(=O)[O-])CS2)ccc1O. The van der Waals surface area contributed by atoms with E-state index < -0.39 is 12.0 Å². The van der Waals surface area contributed by atoms with Gasteiger partial charge in [0.15, 0.2) is 16.9 Å². The summed E-state index contributed by atoms with van der Waals surface area (Å²) >= 11 is 1.54. The zero-order valence-corrected chi connectivity index (χ0v) is 10.1. The van der Waals surface area contributed by atoms with Gasteiger partial charge in [0.2, 0.25) is 0 Å². The van der Waals surface area contributed by atoms with Gasteiger partial charge >= 0.3 is 0 Å². The molecule has 1 aromatic carbocycles. The molecule has 0 spiro atoms. The summed E-state index contributed by atoms with van der Waals surface area (Å²) in [7, 11) is 1.48. The fraction of sp³-hybridized carbons (Fsp3) is 0.364. The van der Waals surface area contributed by atoms with E-state index in [0.717, 1.165) is 5.56 Å². The Kier molecular flexibility index (Phi) is 3.44. The minimum Gasteiger partial charge on any atom is -0.544 e. The van der Waals surface area contributed by atoms with Gasteiger partial charge in [-0.05, 0) is 18.2 Å². The van der Waals surface area contributed by atoms with Crippen LogP contribution in [0.4, 0.5) is 0 Å². The molecule has 0 aliphatic carbocycles. The Hall–Kier alpha value is -1.40. The normalized spacial score (nSPS) is 23.6. The molecule has 5 nitrogen and oxygen atoms in total. The monoisotopic (exact) mass is 255 g/mol. The minimum atomic E-state index is -1.04. The number of thioether (sulfide) groups is 1. The highest BCUT2D eigenvalue weighted by Gasteiger charge is 2.31. The van der Waals surface area contributed by atoms with Crippen molar-refractivity contribution in [2.24, 2.45) is 0 Å². The van der Waals surface area contributed by atoms with E-state index in [2.05, 4.69) is 0 Å². The Morgan fingerprint density at radius 1 is 1.65 bits per heavy atom. The maximum Gasteiger partial charge on any atom is 0.161 e. The second-order valence-electron chi connectivity index (χ2n) is 3.80. The number of aliphatic carboxylic acids is 1. The zero-order chi connectivity index (χ0) is 12.4. The van der Waals surface area contributed by atoms with E-state index in [1.165, 1.54) is 7.11 Å². The van der Waals surface area contributed by atoms with Crippen molar-refractivity contribution in [1.82, 2.24) is 0 Å². The molecule has 1 saturated heterocycles. The molecule has 0 saturated carbocycles. The first kappa shape index (κ1) is 12.1. The summed E-state index contributed by atoms with van der Waals surface area (Å²) in [6.45, 7) is 0. The van der Waals surface area contributed by atoms with Crippen LogP contribution >= 0.6 is 11.8 Å². The van der Waals surface area contributed by atoms with Crippen LogP contribution in [0, 0.1) is 0 Å². The smallest absolute Gasteiger partial charge is 0.161 e. The molecule has 0 unspecified atom stereocenters. The zero-order valence-electron chi connectivity index (χ0n) is 9.25. The van der Waals surface area contributed by atoms with Crippen LogP contribution in [0.3, 0.4) is 0 Å². The van der Waals surface area contributed by atoms with Gasteiger partial charge in [-0.25, -0.2) is 0 Å². The Labute approximate surface area is 103 Å². The van der Waals surface area contributed by atoms with E-state index >= 15 is 0 Å². The third-order valence-electron chi connectivity index (χ3n) is 2.70. The topological polar surface area (TPSA) is 86.2 Å². The molecule has 1 aromatic rings. The van der Waals surface area contributed by atoms with Crippen molar-refractivity contribution in [2.75, 3.05) is 12.9 Å². The van der Waals surface area contributed by atoms with Crippen LogP contribution < -0.4 is 15.2 Å². The van der Waals surface area contributed by atoms with E-state index in [4.69, 9.17) is 4.74 Å². The first-order valence-electron chi connectivity index (χ1n) is 5.16. The number of aromatic hydroxyl groups is 1. The molecule has 1 fully saturated rings. The molecule has 1 aliphatic rings. The number of carboxylic acid groups (broad SMARTS) is 1. The van der Waals surface area contributed by atoms with E-state index in [9.17, 15) is 15.0 Å². The molecule has 0 bridgehead atoms. The Morgan fingerprint density at radius 3 is 3.00 bits per heavy atom. The average Bonchev–Trinajstić information content (AvgIpc) is 2.79. The number of benzene rings is 1. The molecular weight excluding hydrogens is 242 g/mol. The van der Waals surface area contributed by atoms with Gasteiger partial charge in [-0.3, -0.25) is 0 Å². The van der Waals surface area contributed by atoms with E-state index in [-0.39, 0.29) is 11.1 Å². The summed E-state index contributed by atoms with van der Waals surface area (Å²) in [6.07, 6.45) is 0. The highest BCUT2D eigenvalue weighted by molar-refractivity contribution is 7.99. The molecule has 6 heteroatoms. The predicted octanol–water partition coefficient (Wildman–Crippen LogP) is -1.17. The average molecular weight is 255 g/mol. The number of quaternary nitrogens is 1. The van der Waals surface area contributed by atoms with Crippen LogP contribution in [-0.4, -0.2) is 30.0 Å². The van der Waals surface area contributed by atoms with Gasteiger partial charge < -0.3 is 25.1 Å². The standard InChI is InChI=1S/C11H13NO4S/c1-16-9-4-6(2-3-8(9)13)10-12-7(5-17-10)11(14)15/h2-4,7,10,12-13H,5H2,1H3,(H,14,15)/t7-,10+/m1/s1. The van der Waals surface area contributed by atoms with Crippen LogP contribution in [0.15, 0.2) is 18.2 Å². The maximum atomic E-state index is 10.7. The summed E-state index contributed by atoms with van der Waals surface area (Å²) in [5, 5.41) is 22.0. The second-order valence-corrected chi connectivity index (χ2v) is 4.98. The lowest BCUT2D eigenvalue weighted by Gasteiger charge is -2.12. The first-order valence-corrected chi connectivity index (χ1v) is 6.21. The molecule has 0 amide bonds. The number of carbonyl (C=O) groups excluding carboxylic acids is 1. The number of phenols is 1. The number of ether oxygens (including phenoxy) is 1. The van der Waals surface area contributed by atoms with Gasteiger partial charge in [0, 0.05) is 5.56 Å². The van der Waals surface area contributed by atoms with E-state index in [1.54, 1.807) is 35.3 Å². The fourth-order valence-electron chi connectivity index (χ4n) is 1.75. The predicted molar refractivity (Wildman–Crippen MR) is 60.6 cm³/mol. The third-order valence-corrected chi connectivity index (χ3v) is 4.04. The van der Waals surface area contributed by atoms with Gasteiger partial charge in [0.25, 0.3) is 0 Å². The highest BCUT2D eigenvalue weighted by Crippen LogP contribution is 2.33. The lowest BCUT2D eigenvalue weighted by atomic mass is 10.2. The number of phenolic OH excluding ortho intramolecular Hbond substituents is 1. The largest absolute Gasteiger partial charge is 0.544 e. The van der Waals surface area contributed by atoms with Crippen molar-refractivity contribution in [3.05, 3.63) is 23.8 Å². The summed E-state index contributed by atoms with van der Waals surface area (Å²) in [6, 6.07) is 4.53. The minimum absolute atomic E-state index is 0.00685. The van der Waals surface area contributed by atoms with Crippen LogP contribution in [0.25, 0.3) is 0 Å². The van der Waals surface area contributed by atoms with Gasteiger partial charge in [0.1, 0.15) is 12.0 Å². The molecule has 0 aromatic heterocycles. The van der Waals surface area contributed by atoms with Crippen molar-refractivity contribution in [3.8, 4) is 11.5 Å². The first-order chi connectivity index (χ1) is 8.11. The number of hydrogen-bond acceptors (Lipinski definition) is 5. The molecule has 2 rings (SSSR count). The Bertz CT molecular complexity index is 437. The van der Waals surface area contributed by atoms with Crippen molar-refractivity contribution in [2.45, 2.75) is 11.4 Å². The Morgan fingerprint density at radius 2 is 2.41 bits per heavy atom. The van der Waals surface area contributed by atoms with Gasteiger partial charge in [0.05, 0.1) is 12.9 Å². The number of carboxylic acids is 1. The highest BCUT2D eigenvalue weighted by atomic mass is 32.2. The molecule has 1 heterocycles. The van der Waals surface area contributed by atoms with E-state index in [0.29, 0.717) is 11.5 Å². The molecule has 0 radical (unpaired) electrons. The maximum absolute atomic E-state index is 10.7. The summed E-state index contributed by atoms with van der Waals surface area (Å²) < 4.78 is 5.02. The van der Waals surface area contributed by atoms with Crippen LogP contribution in [0.2, 0.25) is 0 Å². The lowest BCUT2D eigenvalue weighted by Crippen LogP contribution is -2.90. The van der Waals surface area contributed by atoms with Crippen molar-refractivity contribution < 1.29 is 25.1 Å². The number of methoxy groups -OCH3 is 1. The number of nitrogens with two attached hydrogens (primary N) is 1. The molecular formula is C11H13NO4S.